The van der Waals surface area contributed by atoms with Crippen LogP contribution in [0, 0.1) is 5.82 Å². The molecule has 17 heavy (non-hydrogen) atoms. The third-order valence-electron chi connectivity index (χ3n) is 3.42. The Morgan fingerprint density at radius 2 is 2.06 bits per heavy atom. The van der Waals surface area contributed by atoms with Gasteiger partial charge >= 0.3 is 0 Å². The summed E-state index contributed by atoms with van der Waals surface area (Å²) in [5.74, 6) is -0.178. The van der Waals surface area contributed by atoms with Crippen LogP contribution >= 0.6 is 0 Å². The van der Waals surface area contributed by atoms with Crippen molar-refractivity contribution in [3.8, 4) is 0 Å². The summed E-state index contributed by atoms with van der Waals surface area (Å²) in [6.07, 6.45) is 6.45. The molecule has 0 aliphatic carbocycles. The first kappa shape index (κ1) is 12.3. The fraction of sp³-hybridized carbons (Fsp3) is 0.467. The lowest BCUT2D eigenvalue weighted by atomic mass is 10.1. The van der Waals surface area contributed by atoms with E-state index in [1.165, 1.54) is 38.0 Å². The maximum absolute atomic E-state index is 13.3. The first-order chi connectivity index (χ1) is 8.29. The van der Waals surface area contributed by atoms with Gasteiger partial charge in [-0.1, -0.05) is 18.7 Å². The molecule has 0 radical (unpaired) electrons. The van der Waals surface area contributed by atoms with E-state index in [-0.39, 0.29) is 5.82 Å². The fourth-order valence-corrected chi connectivity index (χ4v) is 2.42. The molecule has 0 atom stereocenters. The largest absolute Gasteiger partial charge is 0.303 e. The summed E-state index contributed by atoms with van der Waals surface area (Å²) in [7, 11) is 0. The van der Waals surface area contributed by atoms with Crippen LogP contribution in [0.5, 0.6) is 0 Å². The Labute approximate surface area is 103 Å². The minimum absolute atomic E-state index is 0.178. The van der Waals surface area contributed by atoms with Crippen molar-refractivity contribution < 1.29 is 4.39 Å². The van der Waals surface area contributed by atoms with Gasteiger partial charge in [0.25, 0.3) is 0 Å². The van der Waals surface area contributed by atoms with Crippen molar-refractivity contribution in [3.63, 3.8) is 0 Å². The van der Waals surface area contributed by atoms with Gasteiger partial charge in [-0.05, 0) is 63.0 Å². The van der Waals surface area contributed by atoms with Gasteiger partial charge in [-0.15, -0.1) is 0 Å². The fourth-order valence-electron chi connectivity index (χ4n) is 2.42. The number of benzene rings is 1. The third kappa shape index (κ3) is 3.40. The van der Waals surface area contributed by atoms with Crippen LogP contribution in [0.15, 0.2) is 24.8 Å². The molecule has 0 spiro atoms. The van der Waals surface area contributed by atoms with E-state index in [9.17, 15) is 4.39 Å². The molecule has 2 heteroatoms. The minimum atomic E-state index is -0.178. The lowest BCUT2D eigenvalue weighted by molar-refractivity contribution is 0.334. The quantitative estimate of drug-likeness (QED) is 0.752. The van der Waals surface area contributed by atoms with Gasteiger partial charge in [0, 0.05) is 5.56 Å². The van der Waals surface area contributed by atoms with Crippen molar-refractivity contribution in [1.82, 2.24) is 4.90 Å². The lowest BCUT2D eigenvalue weighted by Crippen LogP contribution is -2.20. The van der Waals surface area contributed by atoms with E-state index in [1.807, 2.05) is 12.1 Å². The van der Waals surface area contributed by atoms with E-state index in [1.54, 1.807) is 12.1 Å². The highest BCUT2D eigenvalue weighted by Crippen LogP contribution is 2.14. The Kier molecular flexibility index (Phi) is 4.32. The van der Waals surface area contributed by atoms with Crippen LogP contribution in [0.4, 0.5) is 4.39 Å². The molecule has 0 aromatic heterocycles. The molecule has 1 aromatic rings. The zero-order valence-corrected chi connectivity index (χ0v) is 10.3. The standard InChI is InChI=1S/C15H20FN/c1-2-14-12-13(7-8-15(14)16)6-5-11-17-9-3-4-10-17/h2,7-8,12H,1,3-6,9-11H2. The van der Waals surface area contributed by atoms with E-state index >= 15 is 0 Å². The van der Waals surface area contributed by atoms with Gasteiger partial charge in [0.1, 0.15) is 5.82 Å². The topological polar surface area (TPSA) is 3.24 Å². The van der Waals surface area contributed by atoms with E-state index in [4.69, 9.17) is 0 Å². The molecule has 1 aromatic carbocycles. The summed E-state index contributed by atoms with van der Waals surface area (Å²) in [6, 6.07) is 5.33. The van der Waals surface area contributed by atoms with Crippen LogP contribution in [0.2, 0.25) is 0 Å². The monoisotopic (exact) mass is 233 g/mol. The first-order valence-corrected chi connectivity index (χ1v) is 6.43. The molecule has 1 fully saturated rings. The van der Waals surface area contributed by atoms with Gasteiger partial charge in [-0.3, -0.25) is 0 Å². The number of aryl methyl sites for hydroxylation is 1. The molecule has 1 saturated heterocycles. The van der Waals surface area contributed by atoms with Gasteiger partial charge in [0.2, 0.25) is 0 Å². The predicted octanol–water partition coefficient (Wildman–Crippen LogP) is 3.50. The maximum Gasteiger partial charge on any atom is 0.130 e. The van der Waals surface area contributed by atoms with Crippen molar-refractivity contribution in [2.45, 2.75) is 25.7 Å². The van der Waals surface area contributed by atoms with Crippen LogP contribution in [-0.2, 0) is 6.42 Å². The second-order valence-corrected chi connectivity index (χ2v) is 4.71. The van der Waals surface area contributed by atoms with Crippen LogP contribution < -0.4 is 0 Å². The highest BCUT2D eigenvalue weighted by molar-refractivity contribution is 5.49. The van der Waals surface area contributed by atoms with Gasteiger partial charge in [-0.2, -0.15) is 0 Å². The SMILES string of the molecule is C=Cc1cc(CCCN2CCCC2)ccc1F. The van der Waals surface area contributed by atoms with E-state index in [2.05, 4.69) is 11.5 Å². The average molecular weight is 233 g/mol. The van der Waals surface area contributed by atoms with E-state index in [0.717, 1.165) is 12.8 Å². The Morgan fingerprint density at radius 3 is 2.76 bits per heavy atom. The van der Waals surface area contributed by atoms with Gasteiger partial charge in [-0.25, -0.2) is 4.39 Å². The highest BCUT2D eigenvalue weighted by Gasteiger charge is 2.10. The number of nitrogens with zero attached hydrogens (tertiary/aromatic N) is 1. The van der Waals surface area contributed by atoms with Crippen molar-refractivity contribution in [3.05, 3.63) is 41.7 Å². The van der Waals surface area contributed by atoms with Crippen LogP contribution in [0.1, 0.15) is 30.4 Å². The van der Waals surface area contributed by atoms with E-state index < -0.39 is 0 Å². The van der Waals surface area contributed by atoms with Crippen LogP contribution in [0.25, 0.3) is 6.08 Å². The molecule has 0 amide bonds. The van der Waals surface area contributed by atoms with Gasteiger partial charge in [0.15, 0.2) is 0 Å². The molecule has 92 valence electrons. The molecule has 0 N–H and O–H groups in total. The summed E-state index contributed by atoms with van der Waals surface area (Å²) in [5, 5.41) is 0. The Bertz CT molecular complexity index is 381. The highest BCUT2D eigenvalue weighted by atomic mass is 19.1. The second-order valence-electron chi connectivity index (χ2n) is 4.71. The molecule has 0 saturated carbocycles. The minimum Gasteiger partial charge on any atom is -0.303 e. The van der Waals surface area contributed by atoms with Crippen LogP contribution in [0.3, 0.4) is 0 Å². The van der Waals surface area contributed by atoms with Gasteiger partial charge in [0.05, 0.1) is 0 Å². The van der Waals surface area contributed by atoms with Crippen molar-refractivity contribution in [2.24, 2.45) is 0 Å². The number of hydrogen-bond donors (Lipinski definition) is 0. The molecule has 2 rings (SSSR count). The van der Waals surface area contributed by atoms with Crippen molar-refractivity contribution in [1.29, 1.82) is 0 Å². The van der Waals surface area contributed by atoms with Crippen LogP contribution in [-0.4, -0.2) is 24.5 Å². The Hall–Kier alpha value is -1.15. The molecule has 1 heterocycles. The average Bonchev–Trinajstić information content (AvgIpc) is 2.84. The first-order valence-electron chi connectivity index (χ1n) is 6.43. The summed E-state index contributed by atoms with van der Waals surface area (Å²) < 4.78 is 13.3. The van der Waals surface area contributed by atoms with Crippen molar-refractivity contribution in [2.75, 3.05) is 19.6 Å². The number of halogens is 1. The summed E-state index contributed by atoms with van der Waals surface area (Å²) in [4.78, 5) is 2.51. The Balaban J connectivity index is 1.83. The predicted molar refractivity (Wildman–Crippen MR) is 70.5 cm³/mol. The second kappa shape index (κ2) is 5.97. The summed E-state index contributed by atoms with van der Waals surface area (Å²) in [6.45, 7) is 7.30. The zero-order chi connectivity index (χ0) is 12.1. The van der Waals surface area contributed by atoms with Crippen molar-refractivity contribution >= 4 is 6.08 Å². The summed E-state index contributed by atoms with van der Waals surface area (Å²) >= 11 is 0. The third-order valence-corrected chi connectivity index (χ3v) is 3.42. The van der Waals surface area contributed by atoms with E-state index in [0.29, 0.717) is 5.56 Å². The molecule has 1 nitrogen and oxygen atoms in total. The molecule has 1 aliphatic rings. The Morgan fingerprint density at radius 1 is 1.29 bits per heavy atom. The molecular formula is C15H20FN. The maximum atomic E-state index is 13.3. The number of hydrogen-bond acceptors (Lipinski definition) is 1. The molecule has 0 bridgehead atoms. The van der Waals surface area contributed by atoms with Gasteiger partial charge < -0.3 is 4.90 Å². The number of likely N-dealkylation sites (tertiary alicyclic amines) is 1. The molecule has 0 unspecified atom stereocenters. The molecule has 1 aliphatic heterocycles. The summed E-state index contributed by atoms with van der Waals surface area (Å²) in [5.41, 5.74) is 1.82. The smallest absolute Gasteiger partial charge is 0.130 e. The normalized spacial score (nSPS) is 16.3. The number of rotatable bonds is 5. The zero-order valence-electron chi connectivity index (χ0n) is 10.3. The molecular weight excluding hydrogens is 213 g/mol. The lowest BCUT2D eigenvalue weighted by Gasteiger charge is -2.14.